The van der Waals surface area contributed by atoms with Crippen LogP contribution in [0.5, 0.6) is 0 Å². The highest BCUT2D eigenvalue weighted by Gasteiger charge is 2.55. The Morgan fingerprint density at radius 3 is 2.59 bits per heavy atom. The topological polar surface area (TPSA) is 175 Å². The number of aliphatic hydroxyl groups excluding tert-OH is 3. The van der Waals surface area contributed by atoms with E-state index < -0.39 is 67.0 Å². The predicted octanol–water partition coefficient (Wildman–Crippen LogP) is 0.133. The molecule has 2 amide bonds. The summed E-state index contributed by atoms with van der Waals surface area (Å²) < 4.78 is 11.2. The van der Waals surface area contributed by atoms with E-state index in [9.17, 15) is 34.8 Å². The van der Waals surface area contributed by atoms with E-state index >= 15 is 0 Å². The maximum absolute atomic E-state index is 12.2. The van der Waals surface area contributed by atoms with Gasteiger partial charge in [0, 0.05) is 26.0 Å². The molecule has 11 nitrogen and oxygen atoms in total. The van der Waals surface area contributed by atoms with E-state index in [-0.39, 0.29) is 6.61 Å². The summed E-state index contributed by atoms with van der Waals surface area (Å²) >= 11 is 1.65. The van der Waals surface area contributed by atoms with Gasteiger partial charge in [-0.1, -0.05) is 37.3 Å². The van der Waals surface area contributed by atoms with Crippen molar-refractivity contribution in [1.82, 2.24) is 10.6 Å². The fourth-order valence-electron chi connectivity index (χ4n) is 3.83. The smallest absolute Gasteiger partial charge is 0.364 e. The average Bonchev–Trinajstić information content (AvgIpc) is 2.87. The Labute approximate surface area is 220 Å². The molecule has 1 saturated heterocycles. The maximum atomic E-state index is 12.2. The number of hydrogen-bond acceptors (Lipinski definition) is 9. The zero-order chi connectivity index (χ0) is 27.4. The van der Waals surface area contributed by atoms with Gasteiger partial charge < -0.3 is 40.5 Å². The summed E-state index contributed by atoms with van der Waals surface area (Å²) in [5.41, 5.74) is 0.791. The molecule has 1 aromatic carbocycles. The normalized spacial score (nSPS) is 25.4. The minimum Gasteiger partial charge on any atom is -0.477 e. The summed E-state index contributed by atoms with van der Waals surface area (Å²) in [6.07, 6.45) is -3.57. The van der Waals surface area contributed by atoms with Gasteiger partial charge in [-0.05, 0) is 29.6 Å². The van der Waals surface area contributed by atoms with Crippen LogP contribution in [0.2, 0.25) is 0 Å². The lowest BCUT2D eigenvalue weighted by Gasteiger charge is -2.46. The van der Waals surface area contributed by atoms with Gasteiger partial charge in [0.05, 0.1) is 24.9 Å². The largest absolute Gasteiger partial charge is 0.477 e. The van der Waals surface area contributed by atoms with Gasteiger partial charge in [-0.15, -0.1) is 0 Å². The maximum Gasteiger partial charge on any atom is 0.364 e. The van der Waals surface area contributed by atoms with E-state index in [2.05, 4.69) is 10.6 Å². The number of amides is 2. The van der Waals surface area contributed by atoms with E-state index in [4.69, 9.17) is 9.47 Å². The van der Waals surface area contributed by atoms with Crippen LogP contribution in [0, 0.1) is 0 Å². The van der Waals surface area contributed by atoms with Crippen molar-refractivity contribution in [3.05, 3.63) is 42.0 Å². The number of carboxylic acids is 1. The molecule has 206 valence electrons. The summed E-state index contributed by atoms with van der Waals surface area (Å²) in [6.45, 7) is 2.79. The number of carbonyl (C=O) groups excluding carboxylic acids is 2. The van der Waals surface area contributed by atoms with Gasteiger partial charge in [0.25, 0.3) is 5.79 Å². The van der Waals surface area contributed by atoms with Crippen LogP contribution in [0.1, 0.15) is 32.3 Å². The summed E-state index contributed by atoms with van der Waals surface area (Å²) in [6, 6.07) is 7.83. The fourth-order valence-corrected chi connectivity index (χ4v) is 4.44. The molecule has 0 bridgehead atoms. The molecule has 37 heavy (non-hydrogen) atoms. The molecule has 1 unspecified atom stereocenters. The fraction of sp³-hybridized carbons (Fsp3) is 0.560. The Kier molecular flexibility index (Phi) is 12.5. The average molecular weight is 541 g/mol. The molecule has 0 aromatic heterocycles. The van der Waals surface area contributed by atoms with Crippen molar-refractivity contribution in [2.75, 3.05) is 24.7 Å². The SMILES string of the molecule is CCSCCCO[C@]1(C(=O)O)C[C@H](O)[C@@H](NC(C)=O)[C@H](C(O)[C@H](O)CNC(=O)/C=C/c2ccccc2)O1. The van der Waals surface area contributed by atoms with Crippen LogP contribution in [-0.2, 0) is 23.9 Å². The summed E-state index contributed by atoms with van der Waals surface area (Å²) in [4.78, 5) is 36.0. The minimum atomic E-state index is -2.29. The van der Waals surface area contributed by atoms with Gasteiger partial charge in [-0.3, -0.25) is 9.59 Å². The minimum absolute atomic E-state index is 0.0198. The molecule has 0 spiro atoms. The lowest BCUT2D eigenvalue weighted by Crippen LogP contribution is -2.68. The molecule has 1 fully saturated rings. The molecule has 1 aliphatic heterocycles. The number of ether oxygens (including phenoxy) is 2. The molecule has 6 N–H and O–H groups in total. The van der Waals surface area contributed by atoms with Crippen LogP contribution in [-0.4, -0.2) is 99.1 Å². The van der Waals surface area contributed by atoms with Crippen LogP contribution in [0.25, 0.3) is 6.08 Å². The summed E-state index contributed by atoms with van der Waals surface area (Å²) in [5.74, 6) is -3.28. The van der Waals surface area contributed by atoms with Crippen LogP contribution in [0.15, 0.2) is 36.4 Å². The first-order valence-electron chi connectivity index (χ1n) is 12.0. The Bertz CT molecular complexity index is 917. The number of nitrogens with one attached hydrogen (secondary N) is 2. The van der Waals surface area contributed by atoms with Gasteiger partial charge >= 0.3 is 5.97 Å². The van der Waals surface area contributed by atoms with Gasteiger partial charge in [0.2, 0.25) is 11.8 Å². The van der Waals surface area contributed by atoms with E-state index in [1.807, 2.05) is 25.1 Å². The molecular formula is C25H36N2O9S. The number of carboxylic acid groups (broad SMARTS) is 1. The number of carbonyl (C=O) groups is 3. The van der Waals surface area contributed by atoms with E-state index in [0.717, 1.165) is 17.1 Å². The molecular weight excluding hydrogens is 504 g/mol. The van der Waals surface area contributed by atoms with Crippen LogP contribution < -0.4 is 10.6 Å². The Hall–Kier alpha value is -2.48. The van der Waals surface area contributed by atoms with Crippen LogP contribution >= 0.6 is 11.8 Å². The first kappa shape index (κ1) is 30.7. The number of hydrogen-bond donors (Lipinski definition) is 6. The molecule has 1 aromatic rings. The number of aliphatic hydroxyl groups is 3. The first-order valence-corrected chi connectivity index (χ1v) is 13.2. The van der Waals surface area contributed by atoms with Crippen molar-refractivity contribution in [1.29, 1.82) is 0 Å². The second kappa shape index (κ2) is 15.1. The second-order valence-corrected chi connectivity index (χ2v) is 9.98. The number of rotatable bonds is 14. The van der Waals surface area contributed by atoms with Gasteiger partial charge in [0.15, 0.2) is 0 Å². The van der Waals surface area contributed by atoms with E-state index in [1.54, 1.807) is 30.0 Å². The summed E-state index contributed by atoms with van der Waals surface area (Å²) in [7, 11) is 0. The van der Waals surface area contributed by atoms with Crippen LogP contribution in [0.4, 0.5) is 0 Å². The molecule has 0 aliphatic carbocycles. The first-order chi connectivity index (χ1) is 17.6. The molecule has 6 atom stereocenters. The molecule has 0 saturated carbocycles. The van der Waals surface area contributed by atoms with Crippen molar-refractivity contribution in [3.8, 4) is 0 Å². The van der Waals surface area contributed by atoms with Crippen molar-refractivity contribution in [2.45, 2.75) is 62.9 Å². The third kappa shape index (κ3) is 9.40. The van der Waals surface area contributed by atoms with Gasteiger partial charge in [-0.2, -0.15) is 11.8 Å². The molecule has 12 heteroatoms. The Morgan fingerprint density at radius 2 is 1.97 bits per heavy atom. The lowest BCUT2D eigenvalue weighted by molar-refractivity contribution is -0.310. The number of thioether (sulfide) groups is 1. The number of benzene rings is 1. The Morgan fingerprint density at radius 1 is 1.27 bits per heavy atom. The van der Waals surface area contributed by atoms with Crippen molar-refractivity contribution < 1.29 is 44.3 Å². The van der Waals surface area contributed by atoms with Crippen molar-refractivity contribution in [2.24, 2.45) is 0 Å². The van der Waals surface area contributed by atoms with Gasteiger partial charge in [0.1, 0.15) is 12.2 Å². The predicted molar refractivity (Wildman–Crippen MR) is 138 cm³/mol. The summed E-state index contributed by atoms with van der Waals surface area (Å²) in [5, 5.41) is 46.9. The highest BCUT2D eigenvalue weighted by molar-refractivity contribution is 7.99. The third-order valence-electron chi connectivity index (χ3n) is 5.68. The zero-order valence-corrected chi connectivity index (χ0v) is 21.7. The second-order valence-electron chi connectivity index (χ2n) is 8.58. The lowest BCUT2D eigenvalue weighted by atomic mass is 9.88. The van der Waals surface area contributed by atoms with Crippen LogP contribution in [0.3, 0.4) is 0 Å². The monoisotopic (exact) mass is 540 g/mol. The molecule has 0 radical (unpaired) electrons. The number of aliphatic carboxylic acids is 1. The molecule has 1 aliphatic rings. The zero-order valence-electron chi connectivity index (χ0n) is 20.9. The van der Waals surface area contributed by atoms with E-state index in [1.165, 1.54) is 13.0 Å². The van der Waals surface area contributed by atoms with Gasteiger partial charge in [-0.25, -0.2) is 4.79 Å². The Balaban J connectivity index is 2.11. The van der Waals surface area contributed by atoms with Crippen molar-refractivity contribution >= 4 is 35.6 Å². The quantitative estimate of drug-likeness (QED) is 0.141. The highest BCUT2D eigenvalue weighted by Crippen LogP contribution is 2.33. The highest BCUT2D eigenvalue weighted by atomic mass is 32.2. The van der Waals surface area contributed by atoms with E-state index in [0.29, 0.717) is 6.42 Å². The molecule has 2 rings (SSSR count). The van der Waals surface area contributed by atoms with Crippen molar-refractivity contribution in [3.63, 3.8) is 0 Å². The standard InChI is InChI=1S/C25H36N2O9S/c1-3-37-13-7-12-35-25(24(33)34)14-18(29)21(27-16(2)28)23(36-25)22(32)19(30)15-26-20(31)11-10-17-8-5-4-6-9-17/h4-6,8-11,18-19,21-23,29-30,32H,3,7,12-15H2,1-2H3,(H,26,31)(H,27,28)(H,33,34)/b11-10+/t18-,19+,21+,22?,23+,25+/m0/s1. The third-order valence-corrected chi connectivity index (χ3v) is 6.67. The molecule has 1 heterocycles.